The standard InChI is InChI=1S/C41H76O5/c1-4-6-8-10-12-14-16-18-20-22-24-26-28-30-32-34-40(42)45-37-36-44-38-39(3)46-41(43)35-33-31-29-27-25-23-21-19-17-15-13-11-9-7-5-2/h18-21,39H,4-17,22-38H2,1-3H3/b20-18-,21-19-. The van der Waals surface area contributed by atoms with Crippen molar-refractivity contribution in [2.24, 2.45) is 0 Å². The molecule has 5 nitrogen and oxygen atoms in total. The largest absolute Gasteiger partial charge is 0.463 e. The molecular weight excluding hydrogens is 572 g/mol. The Labute approximate surface area is 286 Å². The maximum absolute atomic E-state index is 12.1. The van der Waals surface area contributed by atoms with Crippen molar-refractivity contribution >= 4 is 11.9 Å². The van der Waals surface area contributed by atoms with Crippen LogP contribution in [0.2, 0.25) is 0 Å². The van der Waals surface area contributed by atoms with Crippen molar-refractivity contribution < 1.29 is 23.8 Å². The summed E-state index contributed by atoms with van der Waals surface area (Å²) in [5.41, 5.74) is 0. The fourth-order valence-electron chi connectivity index (χ4n) is 5.53. The zero-order valence-corrected chi connectivity index (χ0v) is 30.8. The molecular formula is C41H76O5. The van der Waals surface area contributed by atoms with Crippen LogP contribution in [0.15, 0.2) is 24.3 Å². The van der Waals surface area contributed by atoms with Gasteiger partial charge in [0, 0.05) is 12.8 Å². The van der Waals surface area contributed by atoms with Gasteiger partial charge in [-0.1, -0.05) is 141 Å². The molecule has 0 aliphatic carbocycles. The number of carbonyl (C=O) groups excluding carboxylic acids is 2. The lowest BCUT2D eigenvalue weighted by Gasteiger charge is -2.13. The van der Waals surface area contributed by atoms with E-state index in [0.29, 0.717) is 26.1 Å². The van der Waals surface area contributed by atoms with Crippen molar-refractivity contribution in [3.63, 3.8) is 0 Å². The predicted octanol–water partition coefficient (Wildman–Crippen LogP) is 12.6. The number of carbonyl (C=O) groups is 2. The van der Waals surface area contributed by atoms with Crippen LogP contribution in [0.5, 0.6) is 0 Å². The molecule has 0 saturated heterocycles. The third-order valence-corrected chi connectivity index (χ3v) is 8.46. The zero-order chi connectivity index (χ0) is 33.6. The maximum atomic E-state index is 12.1. The molecule has 0 aromatic heterocycles. The lowest BCUT2D eigenvalue weighted by Crippen LogP contribution is -2.21. The molecule has 0 bridgehead atoms. The first kappa shape index (κ1) is 44.4. The zero-order valence-electron chi connectivity index (χ0n) is 30.8. The van der Waals surface area contributed by atoms with Gasteiger partial charge >= 0.3 is 11.9 Å². The van der Waals surface area contributed by atoms with E-state index >= 15 is 0 Å². The first-order valence-electron chi connectivity index (χ1n) is 19.8. The predicted molar refractivity (Wildman–Crippen MR) is 196 cm³/mol. The van der Waals surface area contributed by atoms with Gasteiger partial charge in [-0.15, -0.1) is 0 Å². The SMILES string of the molecule is CCCCCCCC/C=C\CCCCCCCC(=O)OCCOCC(C)OC(=O)CCCCCCC/C=C\CCCCCCCC. The summed E-state index contributed by atoms with van der Waals surface area (Å²) in [6.45, 7) is 7.27. The number of hydrogen-bond acceptors (Lipinski definition) is 5. The number of unbranched alkanes of at least 4 members (excludes halogenated alkanes) is 22. The molecule has 0 amide bonds. The van der Waals surface area contributed by atoms with E-state index in [-0.39, 0.29) is 24.6 Å². The first-order valence-corrected chi connectivity index (χ1v) is 19.8. The molecule has 0 rings (SSSR count). The molecule has 270 valence electrons. The van der Waals surface area contributed by atoms with Crippen LogP contribution in [-0.4, -0.2) is 37.9 Å². The highest BCUT2D eigenvalue weighted by atomic mass is 16.6. The Morgan fingerprint density at radius 2 is 0.848 bits per heavy atom. The van der Waals surface area contributed by atoms with E-state index in [0.717, 1.165) is 25.7 Å². The number of hydrogen-bond donors (Lipinski definition) is 0. The lowest BCUT2D eigenvalue weighted by atomic mass is 10.1. The average molecular weight is 649 g/mol. The van der Waals surface area contributed by atoms with Crippen LogP contribution in [0.1, 0.15) is 201 Å². The number of ether oxygens (including phenoxy) is 3. The Balaban J connectivity index is 3.43. The van der Waals surface area contributed by atoms with Gasteiger partial charge in [0.05, 0.1) is 13.2 Å². The minimum absolute atomic E-state index is 0.152. The molecule has 0 heterocycles. The maximum Gasteiger partial charge on any atom is 0.306 e. The first-order chi connectivity index (χ1) is 22.6. The number of allylic oxidation sites excluding steroid dienone is 4. The van der Waals surface area contributed by atoms with E-state index in [1.165, 1.54) is 141 Å². The Bertz CT molecular complexity index is 701. The molecule has 0 aromatic rings. The monoisotopic (exact) mass is 649 g/mol. The molecule has 0 aliphatic heterocycles. The summed E-state index contributed by atoms with van der Waals surface area (Å²) in [5, 5.41) is 0. The Morgan fingerprint density at radius 1 is 0.478 bits per heavy atom. The summed E-state index contributed by atoms with van der Waals surface area (Å²) < 4.78 is 16.3. The summed E-state index contributed by atoms with van der Waals surface area (Å²) in [6, 6.07) is 0. The molecule has 5 heteroatoms. The molecule has 0 spiro atoms. The van der Waals surface area contributed by atoms with E-state index in [1.54, 1.807) is 0 Å². The minimum atomic E-state index is -0.290. The fourth-order valence-corrected chi connectivity index (χ4v) is 5.53. The van der Waals surface area contributed by atoms with Crippen molar-refractivity contribution in [1.29, 1.82) is 0 Å². The van der Waals surface area contributed by atoms with Crippen molar-refractivity contribution in [2.75, 3.05) is 19.8 Å². The molecule has 46 heavy (non-hydrogen) atoms. The molecule has 0 aliphatic rings. The van der Waals surface area contributed by atoms with Crippen LogP contribution in [0.25, 0.3) is 0 Å². The van der Waals surface area contributed by atoms with Crippen LogP contribution < -0.4 is 0 Å². The molecule has 0 N–H and O–H groups in total. The van der Waals surface area contributed by atoms with Crippen molar-refractivity contribution in [2.45, 2.75) is 207 Å². The highest BCUT2D eigenvalue weighted by Crippen LogP contribution is 2.12. The van der Waals surface area contributed by atoms with E-state index in [4.69, 9.17) is 14.2 Å². The normalized spacial score (nSPS) is 12.3. The molecule has 1 unspecified atom stereocenters. The highest BCUT2D eigenvalue weighted by Gasteiger charge is 2.10. The van der Waals surface area contributed by atoms with E-state index < -0.39 is 0 Å². The Hall–Kier alpha value is -1.62. The van der Waals surface area contributed by atoms with Gasteiger partial charge in [0.25, 0.3) is 0 Å². The van der Waals surface area contributed by atoms with Gasteiger partial charge < -0.3 is 14.2 Å². The summed E-state index contributed by atoms with van der Waals surface area (Å²) in [4.78, 5) is 24.0. The van der Waals surface area contributed by atoms with Crippen LogP contribution in [0, 0.1) is 0 Å². The van der Waals surface area contributed by atoms with Gasteiger partial charge in [-0.05, 0) is 71.1 Å². The Morgan fingerprint density at radius 3 is 1.28 bits per heavy atom. The Kier molecular flexibility index (Phi) is 36.5. The van der Waals surface area contributed by atoms with E-state index in [9.17, 15) is 9.59 Å². The second kappa shape index (κ2) is 37.8. The van der Waals surface area contributed by atoms with Gasteiger partial charge in [-0.2, -0.15) is 0 Å². The van der Waals surface area contributed by atoms with Crippen molar-refractivity contribution in [3.8, 4) is 0 Å². The molecule has 0 radical (unpaired) electrons. The highest BCUT2D eigenvalue weighted by molar-refractivity contribution is 5.69. The second-order valence-corrected chi connectivity index (χ2v) is 13.3. The summed E-state index contributed by atoms with van der Waals surface area (Å²) >= 11 is 0. The summed E-state index contributed by atoms with van der Waals surface area (Å²) in [5.74, 6) is -0.305. The summed E-state index contributed by atoms with van der Waals surface area (Å²) in [6.07, 6.45) is 42.4. The third-order valence-electron chi connectivity index (χ3n) is 8.46. The van der Waals surface area contributed by atoms with Gasteiger partial charge in [0.15, 0.2) is 0 Å². The number of rotatable bonds is 36. The summed E-state index contributed by atoms with van der Waals surface area (Å²) in [7, 11) is 0. The molecule has 1 atom stereocenters. The van der Waals surface area contributed by atoms with Gasteiger partial charge in [-0.3, -0.25) is 9.59 Å². The number of esters is 2. The van der Waals surface area contributed by atoms with Crippen LogP contribution in [-0.2, 0) is 23.8 Å². The molecule has 0 aromatic carbocycles. The van der Waals surface area contributed by atoms with Gasteiger partial charge in [0.2, 0.25) is 0 Å². The lowest BCUT2D eigenvalue weighted by molar-refractivity contribution is -0.152. The molecule has 0 saturated carbocycles. The second-order valence-electron chi connectivity index (χ2n) is 13.3. The van der Waals surface area contributed by atoms with Crippen LogP contribution in [0.3, 0.4) is 0 Å². The van der Waals surface area contributed by atoms with Gasteiger partial charge in [-0.25, -0.2) is 0 Å². The smallest absolute Gasteiger partial charge is 0.306 e. The quantitative estimate of drug-likeness (QED) is 0.0384. The third kappa shape index (κ3) is 36.8. The van der Waals surface area contributed by atoms with E-state index in [1.807, 2.05) is 6.92 Å². The minimum Gasteiger partial charge on any atom is -0.463 e. The average Bonchev–Trinajstić information content (AvgIpc) is 3.04. The van der Waals surface area contributed by atoms with Crippen LogP contribution in [0.4, 0.5) is 0 Å². The van der Waals surface area contributed by atoms with Gasteiger partial charge in [0.1, 0.15) is 12.7 Å². The van der Waals surface area contributed by atoms with Crippen molar-refractivity contribution in [3.05, 3.63) is 24.3 Å². The topological polar surface area (TPSA) is 61.8 Å². The van der Waals surface area contributed by atoms with Crippen molar-refractivity contribution in [1.82, 2.24) is 0 Å². The van der Waals surface area contributed by atoms with E-state index in [2.05, 4.69) is 38.2 Å². The molecule has 0 fully saturated rings. The van der Waals surface area contributed by atoms with Crippen LogP contribution >= 0.6 is 0 Å². The fraction of sp³-hybridized carbons (Fsp3) is 0.854.